The highest BCUT2D eigenvalue weighted by atomic mass is 16.2. The molecule has 1 saturated carbocycles. The van der Waals surface area contributed by atoms with Gasteiger partial charge in [0.05, 0.1) is 0 Å². The molecule has 0 aromatic heterocycles. The van der Waals surface area contributed by atoms with E-state index in [1.807, 2.05) is 41.3 Å². The maximum atomic E-state index is 12.7. The van der Waals surface area contributed by atoms with Crippen molar-refractivity contribution in [1.29, 1.82) is 0 Å². The number of hydrogen-bond donors (Lipinski definition) is 0. The maximum absolute atomic E-state index is 12.7. The van der Waals surface area contributed by atoms with E-state index in [9.17, 15) is 4.79 Å². The minimum Gasteiger partial charge on any atom is -0.334 e. The Bertz CT molecular complexity index is 534. The molecule has 0 unspecified atom stereocenters. The van der Waals surface area contributed by atoms with Crippen molar-refractivity contribution in [2.24, 2.45) is 5.92 Å². The Kier molecular flexibility index (Phi) is 4.34. The van der Waals surface area contributed by atoms with Gasteiger partial charge in [-0.2, -0.15) is 0 Å². The molecule has 0 saturated heterocycles. The van der Waals surface area contributed by atoms with E-state index >= 15 is 0 Å². The zero-order valence-corrected chi connectivity index (χ0v) is 12.2. The van der Waals surface area contributed by atoms with Crippen molar-refractivity contribution in [3.63, 3.8) is 0 Å². The molecule has 2 nitrogen and oxygen atoms in total. The van der Waals surface area contributed by atoms with Crippen LogP contribution >= 0.6 is 0 Å². The van der Waals surface area contributed by atoms with Crippen molar-refractivity contribution in [3.8, 4) is 0 Å². The van der Waals surface area contributed by atoms with Gasteiger partial charge in [-0.3, -0.25) is 4.79 Å². The summed E-state index contributed by atoms with van der Waals surface area (Å²) < 4.78 is 0. The van der Waals surface area contributed by atoms with E-state index in [2.05, 4.69) is 24.3 Å². The van der Waals surface area contributed by atoms with Gasteiger partial charge < -0.3 is 4.90 Å². The molecule has 1 fully saturated rings. The zero-order valence-electron chi connectivity index (χ0n) is 12.2. The highest BCUT2D eigenvalue weighted by Crippen LogP contribution is 2.29. The smallest absolute Gasteiger partial charge is 0.226 e. The summed E-state index contributed by atoms with van der Waals surface area (Å²) in [7, 11) is 0. The molecule has 0 spiro atoms. The van der Waals surface area contributed by atoms with Crippen molar-refractivity contribution < 1.29 is 4.79 Å². The van der Waals surface area contributed by atoms with Gasteiger partial charge in [0.25, 0.3) is 0 Å². The van der Waals surface area contributed by atoms with Gasteiger partial charge in [-0.1, -0.05) is 67.1 Å². The summed E-state index contributed by atoms with van der Waals surface area (Å²) in [5.41, 5.74) is 2.39. The number of hydrogen-bond acceptors (Lipinski definition) is 1. The van der Waals surface area contributed by atoms with Gasteiger partial charge in [-0.15, -0.1) is 0 Å². The summed E-state index contributed by atoms with van der Waals surface area (Å²) in [5.74, 6) is 0.561. The largest absolute Gasteiger partial charge is 0.334 e. The highest BCUT2D eigenvalue weighted by Gasteiger charge is 2.29. The first-order chi connectivity index (χ1) is 10.3. The summed E-state index contributed by atoms with van der Waals surface area (Å²) in [6.45, 7) is 1.40. The van der Waals surface area contributed by atoms with Crippen LogP contribution < -0.4 is 0 Å². The van der Waals surface area contributed by atoms with Gasteiger partial charge in [0, 0.05) is 19.0 Å². The molecule has 0 radical (unpaired) electrons. The van der Waals surface area contributed by atoms with Crippen LogP contribution in [0.1, 0.15) is 30.4 Å². The fourth-order valence-corrected chi connectivity index (χ4v) is 2.73. The second-order valence-electron chi connectivity index (χ2n) is 5.79. The topological polar surface area (TPSA) is 20.3 Å². The third-order valence-electron chi connectivity index (χ3n) is 4.20. The minimum atomic E-state index is 0.248. The lowest BCUT2D eigenvalue weighted by Crippen LogP contribution is -2.38. The van der Waals surface area contributed by atoms with Gasteiger partial charge in [-0.25, -0.2) is 0 Å². The number of carbonyl (C=O) groups excluding carboxylic acids is 1. The first kappa shape index (κ1) is 13.9. The number of benzene rings is 2. The molecule has 1 aliphatic carbocycles. The molecule has 21 heavy (non-hydrogen) atoms. The normalized spacial score (nSPS) is 14.5. The van der Waals surface area contributed by atoms with Crippen LogP contribution in [0, 0.1) is 5.92 Å². The second-order valence-corrected chi connectivity index (χ2v) is 5.79. The first-order valence-corrected chi connectivity index (χ1v) is 7.69. The molecular weight excluding hydrogens is 258 g/mol. The molecule has 2 aromatic rings. The lowest BCUT2D eigenvalue weighted by molar-refractivity contribution is -0.139. The molecule has 1 amide bonds. The second kappa shape index (κ2) is 6.57. The summed E-state index contributed by atoms with van der Waals surface area (Å²) in [6, 6.07) is 20.5. The van der Waals surface area contributed by atoms with Crippen LogP contribution in [0.15, 0.2) is 60.7 Å². The van der Waals surface area contributed by atoms with Crippen LogP contribution in [0.4, 0.5) is 0 Å². The molecule has 0 atom stereocenters. The standard InChI is InChI=1S/C19H21NO/c21-19(18-12-7-13-18)20(14-16-8-3-1-4-9-16)15-17-10-5-2-6-11-17/h1-6,8-11,18H,7,12-15H2. The van der Waals surface area contributed by atoms with Crippen LogP contribution in [0.2, 0.25) is 0 Å². The van der Waals surface area contributed by atoms with Gasteiger partial charge >= 0.3 is 0 Å². The van der Waals surface area contributed by atoms with E-state index in [0.717, 1.165) is 12.8 Å². The summed E-state index contributed by atoms with van der Waals surface area (Å²) in [4.78, 5) is 14.7. The molecule has 1 aliphatic rings. The minimum absolute atomic E-state index is 0.248. The zero-order chi connectivity index (χ0) is 14.5. The Balaban J connectivity index is 1.75. The predicted molar refractivity (Wildman–Crippen MR) is 84.5 cm³/mol. The number of amides is 1. The Labute approximate surface area is 126 Å². The van der Waals surface area contributed by atoms with E-state index < -0.39 is 0 Å². The van der Waals surface area contributed by atoms with Crippen molar-refractivity contribution in [2.75, 3.05) is 0 Å². The quantitative estimate of drug-likeness (QED) is 0.809. The average molecular weight is 279 g/mol. The Morgan fingerprint density at radius 2 is 1.33 bits per heavy atom. The predicted octanol–water partition coefficient (Wildman–Crippen LogP) is 4.02. The molecule has 0 N–H and O–H groups in total. The summed E-state index contributed by atoms with van der Waals surface area (Å²) in [6.07, 6.45) is 3.30. The van der Waals surface area contributed by atoms with Crippen molar-refractivity contribution in [3.05, 3.63) is 71.8 Å². The van der Waals surface area contributed by atoms with Gasteiger partial charge in [0.15, 0.2) is 0 Å². The maximum Gasteiger partial charge on any atom is 0.226 e. The number of carbonyl (C=O) groups is 1. The molecule has 0 bridgehead atoms. The van der Waals surface area contributed by atoms with Gasteiger partial charge in [0.1, 0.15) is 0 Å². The Morgan fingerprint density at radius 3 is 1.71 bits per heavy atom. The van der Waals surface area contributed by atoms with Crippen molar-refractivity contribution in [2.45, 2.75) is 32.4 Å². The lowest BCUT2D eigenvalue weighted by atomic mass is 9.84. The van der Waals surface area contributed by atoms with Crippen LogP contribution in [0.3, 0.4) is 0 Å². The SMILES string of the molecule is O=C(C1CCC1)N(Cc1ccccc1)Cc1ccccc1. The van der Waals surface area contributed by atoms with Crippen molar-refractivity contribution >= 4 is 5.91 Å². The third-order valence-corrected chi connectivity index (χ3v) is 4.20. The average Bonchev–Trinajstić information content (AvgIpc) is 2.47. The van der Waals surface area contributed by atoms with Gasteiger partial charge in [0.2, 0.25) is 5.91 Å². The van der Waals surface area contributed by atoms with Crippen LogP contribution in [-0.4, -0.2) is 10.8 Å². The van der Waals surface area contributed by atoms with E-state index in [-0.39, 0.29) is 5.92 Å². The summed E-state index contributed by atoms with van der Waals surface area (Å²) >= 11 is 0. The van der Waals surface area contributed by atoms with E-state index in [1.165, 1.54) is 17.5 Å². The monoisotopic (exact) mass is 279 g/mol. The molecule has 2 aromatic carbocycles. The molecular formula is C19H21NO. The molecule has 2 heteroatoms. The Hall–Kier alpha value is -2.09. The highest BCUT2D eigenvalue weighted by molar-refractivity contribution is 5.79. The summed E-state index contributed by atoms with van der Waals surface area (Å²) in [5, 5.41) is 0. The number of rotatable bonds is 5. The van der Waals surface area contributed by atoms with Crippen LogP contribution in [0.5, 0.6) is 0 Å². The number of nitrogens with zero attached hydrogens (tertiary/aromatic N) is 1. The van der Waals surface area contributed by atoms with Crippen molar-refractivity contribution in [1.82, 2.24) is 4.90 Å². The third kappa shape index (κ3) is 3.52. The van der Waals surface area contributed by atoms with E-state index in [1.54, 1.807) is 0 Å². The fraction of sp³-hybridized carbons (Fsp3) is 0.316. The van der Waals surface area contributed by atoms with E-state index in [0.29, 0.717) is 19.0 Å². The van der Waals surface area contributed by atoms with E-state index in [4.69, 9.17) is 0 Å². The lowest BCUT2D eigenvalue weighted by Gasteiger charge is -2.32. The molecule has 0 heterocycles. The molecule has 0 aliphatic heterocycles. The van der Waals surface area contributed by atoms with Crippen LogP contribution in [-0.2, 0) is 17.9 Å². The van der Waals surface area contributed by atoms with Gasteiger partial charge in [-0.05, 0) is 24.0 Å². The molecule has 108 valence electrons. The first-order valence-electron chi connectivity index (χ1n) is 7.69. The molecule has 3 rings (SSSR count). The fourth-order valence-electron chi connectivity index (χ4n) is 2.73. The van der Waals surface area contributed by atoms with Crippen LogP contribution in [0.25, 0.3) is 0 Å². The Morgan fingerprint density at radius 1 is 0.857 bits per heavy atom.